The van der Waals surface area contributed by atoms with Crippen molar-refractivity contribution in [3.8, 4) is 23.7 Å². The molecule has 0 aliphatic carbocycles. The number of rotatable bonds is 14. The van der Waals surface area contributed by atoms with Gasteiger partial charge in [-0.15, -0.1) is 0 Å². The zero-order chi connectivity index (χ0) is 20.7. The summed E-state index contributed by atoms with van der Waals surface area (Å²) in [5.74, 6) is 12.0. The van der Waals surface area contributed by atoms with E-state index in [0.717, 1.165) is 64.2 Å². The molecule has 0 saturated carbocycles. The molecule has 0 bridgehead atoms. The summed E-state index contributed by atoms with van der Waals surface area (Å²) >= 11 is 0. The molecule has 158 valence electrons. The fourth-order valence-corrected chi connectivity index (χ4v) is 2.27. The number of ether oxygens (including phenoxy) is 2. The lowest BCUT2D eigenvalue weighted by Crippen LogP contribution is -2.23. The third kappa shape index (κ3) is 20.0. The highest BCUT2D eigenvalue weighted by Gasteiger charge is 1.98. The smallest absolute Gasteiger partial charge is 0.407 e. The Kier molecular flexibility index (Phi) is 19.2. The van der Waals surface area contributed by atoms with E-state index in [1.807, 2.05) is 13.8 Å². The monoisotopic (exact) mass is 392 g/mol. The molecule has 2 N–H and O–H groups in total. The van der Waals surface area contributed by atoms with E-state index in [1.54, 1.807) is 0 Å². The van der Waals surface area contributed by atoms with E-state index in [2.05, 4.69) is 34.3 Å². The van der Waals surface area contributed by atoms with E-state index in [-0.39, 0.29) is 12.2 Å². The SMILES string of the molecule is CCNC(=O)OCCCCCCC#CC#CCCCCCCOC(=O)NCC. The van der Waals surface area contributed by atoms with Crippen LogP contribution in [0.25, 0.3) is 0 Å². The van der Waals surface area contributed by atoms with Crippen LogP contribution in [-0.2, 0) is 9.47 Å². The number of alkyl carbamates (subject to hydrolysis) is 2. The molecule has 0 aromatic rings. The summed E-state index contributed by atoms with van der Waals surface area (Å²) in [5.41, 5.74) is 0. The van der Waals surface area contributed by atoms with E-state index in [0.29, 0.717) is 26.3 Å². The summed E-state index contributed by atoms with van der Waals surface area (Å²) in [4.78, 5) is 22.1. The lowest BCUT2D eigenvalue weighted by molar-refractivity contribution is 0.143. The van der Waals surface area contributed by atoms with E-state index >= 15 is 0 Å². The first-order valence-electron chi connectivity index (χ1n) is 10.5. The van der Waals surface area contributed by atoms with Gasteiger partial charge in [-0.05, 0) is 51.4 Å². The minimum atomic E-state index is -0.336. The maximum atomic E-state index is 11.1. The van der Waals surface area contributed by atoms with Crippen molar-refractivity contribution in [1.29, 1.82) is 0 Å². The third-order valence-corrected chi connectivity index (χ3v) is 3.74. The molecular weight excluding hydrogens is 356 g/mol. The van der Waals surface area contributed by atoms with Gasteiger partial charge in [0.05, 0.1) is 13.2 Å². The van der Waals surface area contributed by atoms with Gasteiger partial charge in [0.2, 0.25) is 0 Å². The van der Waals surface area contributed by atoms with E-state index in [9.17, 15) is 9.59 Å². The van der Waals surface area contributed by atoms with Gasteiger partial charge < -0.3 is 20.1 Å². The van der Waals surface area contributed by atoms with Crippen molar-refractivity contribution in [1.82, 2.24) is 10.6 Å². The number of hydrogen-bond donors (Lipinski definition) is 2. The van der Waals surface area contributed by atoms with Crippen molar-refractivity contribution in [2.75, 3.05) is 26.3 Å². The number of amides is 2. The quantitative estimate of drug-likeness (QED) is 0.340. The average molecular weight is 393 g/mol. The number of hydrogen-bond acceptors (Lipinski definition) is 4. The average Bonchev–Trinajstić information content (AvgIpc) is 2.67. The predicted octanol–water partition coefficient (Wildman–Crippen LogP) is 4.39. The Morgan fingerprint density at radius 2 is 1.04 bits per heavy atom. The summed E-state index contributed by atoms with van der Waals surface area (Å²) in [7, 11) is 0. The maximum absolute atomic E-state index is 11.1. The zero-order valence-electron chi connectivity index (χ0n) is 17.5. The van der Waals surface area contributed by atoms with Crippen LogP contribution in [0.2, 0.25) is 0 Å². The van der Waals surface area contributed by atoms with Gasteiger partial charge in [0, 0.05) is 25.9 Å². The van der Waals surface area contributed by atoms with Gasteiger partial charge in [0.1, 0.15) is 0 Å². The molecular formula is C22H36N2O4. The number of carbonyl (C=O) groups is 2. The van der Waals surface area contributed by atoms with Gasteiger partial charge in [-0.3, -0.25) is 0 Å². The van der Waals surface area contributed by atoms with Crippen LogP contribution >= 0.6 is 0 Å². The summed E-state index contributed by atoms with van der Waals surface area (Å²) in [5, 5.41) is 5.19. The Morgan fingerprint density at radius 3 is 1.43 bits per heavy atom. The van der Waals surface area contributed by atoms with Crippen LogP contribution in [0.15, 0.2) is 0 Å². The fraction of sp³-hybridized carbons (Fsp3) is 0.727. The van der Waals surface area contributed by atoms with Gasteiger partial charge >= 0.3 is 12.2 Å². The first kappa shape index (κ1) is 25.7. The molecule has 0 heterocycles. The van der Waals surface area contributed by atoms with Crippen LogP contribution in [0.5, 0.6) is 0 Å². The Balaban J connectivity index is 3.36. The molecule has 0 aliphatic heterocycles. The molecule has 0 aromatic heterocycles. The van der Waals surface area contributed by atoms with Gasteiger partial charge in [-0.25, -0.2) is 9.59 Å². The summed E-state index contributed by atoms with van der Waals surface area (Å²) in [6.07, 6.45) is 9.19. The van der Waals surface area contributed by atoms with Crippen molar-refractivity contribution in [2.45, 2.75) is 78.1 Å². The normalized spacial score (nSPS) is 9.36. The minimum Gasteiger partial charge on any atom is -0.450 e. The minimum absolute atomic E-state index is 0.336. The first-order valence-corrected chi connectivity index (χ1v) is 10.5. The molecule has 0 rings (SSSR count). The summed E-state index contributed by atoms with van der Waals surface area (Å²) in [6, 6.07) is 0. The molecule has 0 atom stereocenters. The molecule has 6 heteroatoms. The molecule has 0 fully saturated rings. The van der Waals surface area contributed by atoms with Gasteiger partial charge in [-0.2, -0.15) is 0 Å². The topological polar surface area (TPSA) is 76.7 Å². The Hall–Kier alpha value is -2.34. The Labute approximate surface area is 170 Å². The molecule has 0 spiro atoms. The molecule has 28 heavy (non-hydrogen) atoms. The lowest BCUT2D eigenvalue weighted by Gasteiger charge is -2.04. The Morgan fingerprint density at radius 1 is 0.643 bits per heavy atom. The second kappa shape index (κ2) is 21.0. The van der Waals surface area contributed by atoms with E-state index < -0.39 is 0 Å². The predicted molar refractivity (Wildman–Crippen MR) is 112 cm³/mol. The molecule has 0 aliphatic rings. The second-order valence-electron chi connectivity index (χ2n) is 6.26. The van der Waals surface area contributed by atoms with Crippen LogP contribution in [0.1, 0.15) is 78.1 Å². The highest BCUT2D eigenvalue weighted by atomic mass is 16.6. The van der Waals surface area contributed by atoms with Crippen molar-refractivity contribution < 1.29 is 19.1 Å². The van der Waals surface area contributed by atoms with Crippen LogP contribution < -0.4 is 10.6 Å². The van der Waals surface area contributed by atoms with Gasteiger partial charge in [-0.1, -0.05) is 37.5 Å². The fourth-order valence-electron chi connectivity index (χ4n) is 2.27. The van der Waals surface area contributed by atoms with Gasteiger partial charge in [0.25, 0.3) is 0 Å². The third-order valence-electron chi connectivity index (χ3n) is 3.74. The first-order chi connectivity index (χ1) is 13.7. The zero-order valence-corrected chi connectivity index (χ0v) is 17.5. The van der Waals surface area contributed by atoms with Crippen LogP contribution in [0.4, 0.5) is 9.59 Å². The molecule has 0 saturated heterocycles. The highest BCUT2D eigenvalue weighted by Crippen LogP contribution is 2.03. The van der Waals surface area contributed by atoms with Crippen LogP contribution in [0.3, 0.4) is 0 Å². The molecule has 6 nitrogen and oxygen atoms in total. The summed E-state index contributed by atoms with van der Waals surface area (Å²) < 4.78 is 10.0. The van der Waals surface area contributed by atoms with Crippen LogP contribution in [-0.4, -0.2) is 38.5 Å². The summed E-state index contributed by atoms with van der Waals surface area (Å²) in [6.45, 7) is 5.87. The molecule has 0 aromatic carbocycles. The Bertz CT molecular complexity index is 478. The molecule has 0 unspecified atom stereocenters. The van der Waals surface area contributed by atoms with Crippen molar-refractivity contribution in [3.63, 3.8) is 0 Å². The van der Waals surface area contributed by atoms with Crippen molar-refractivity contribution in [3.05, 3.63) is 0 Å². The maximum Gasteiger partial charge on any atom is 0.407 e. The van der Waals surface area contributed by atoms with E-state index in [1.165, 1.54) is 0 Å². The number of nitrogens with one attached hydrogen (secondary N) is 2. The number of carbonyl (C=O) groups excluding carboxylic acids is 2. The van der Waals surface area contributed by atoms with Crippen LogP contribution in [0, 0.1) is 23.7 Å². The van der Waals surface area contributed by atoms with Crippen molar-refractivity contribution >= 4 is 12.2 Å². The molecule has 0 radical (unpaired) electrons. The largest absolute Gasteiger partial charge is 0.450 e. The molecule has 2 amide bonds. The second-order valence-corrected chi connectivity index (χ2v) is 6.26. The highest BCUT2D eigenvalue weighted by molar-refractivity contribution is 5.67. The van der Waals surface area contributed by atoms with Crippen molar-refractivity contribution in [2.24, 2.45) is 0 Å². The standard InChI is InChI=1S/C22H36N2O4/c1-3-23-21(25)27-19-17-15-13-11-9-7-5-6-8-10-12-14-16-18-20-28-22(26)24-4-2/h3-4,9-20H2,1-2H3,(H,23,25)(H,24,26). The number of unbranched alkanes of at least 4 members (excludes halogenated alkanes) is 8. The van der Waals surface area contributed by atoms with Gasteiger partial charge in [0.15, 0.2) is 0 Å². The van der Waals surface area contributed by atoms with E-state index in [4.69, 9.17) is 9.47 Å². The lowest BCUT2D eigenvalue weighted by atomic mass is 10.1.